The molecule has 1 aliphatic carbocycles. The van der Waals surface area contributed by atoms with Crippen molar-refractivity contribution in [1.29, 1.82) is 0 Å². The molecule has 2 fully saturated rings. The van der Waals surface area contributed by atoms with Gasteiger partial charge in [0.2, 0.25) is 5.91 Å². The van der Waals surface area contributed by atoms with Gasteiger partial charge in [0.15, 0.2) is 0 Å². The Bertz CT molecular complexity index is 1050. The molecule has 6 nitrogen and oxygen atoms in total. The number of anilines is 2. The second-order valence-electron chi connectivity index (χ2n) is 9.58. The highest BCUT2D eigenvalue weighted by Crippen LogP contribution is 2.29. The van der Waals surface area contributed by atoms with E-state index in [1.165, 1.54) is 23.0 Å². The number of hydrogen-bond acceptors (Lipinski definition) is 4. The molecule has 3 aromatic rings. The number of rotatable bonds is 6. The number of H-pyrrole nitrogens is 1. The molecule has 174 valence electrons. The summed E-state index contributed by atoms with van der Waals surface area (Å²) in [6, 6.07) is 14.6. The van der Waals surface area contributed by atoms with Crippen LogP contribution in [0.15, 0.2) is 54.9 Å². The Hall–Kier alpha value is -2.86. The number of benzene rings is 1. The van der Waals surface area contributed by atoms with Gasteiger partial charge in [-0.25, -0.2) is 4.98 Å². The number of aromatic amines is 1. The minimum Gasteiger partial charge on any atom is -0.368 e. The number of piperazine rings is 1. The van der Waals surface area contributed by atoms with Gasteiger partial charge < -0.3 is 9.88 Å². The highest BCUT2D eigenvalue weighted by Gasteiger charge is 2.32. The number of amides is 1. The van der Waals surface area contributed by atoms with Crippen molar-refractivity contribution in [2.75, 3.05) is 42.5 Å². The fourth-order valence-electron chi connectivity index (χ4n) is 5.57. The molecule has 2 aromatic heterocycles. The van der Waals surface area contributed by atoms with Gasteiger partial charge >= 0.3 is 0 Å². The van der Waals surface area contributed by atoms with E-state index < -0.39 is 0 Å². The van der Waals surface area contributed by atoms with Gasteiger partial charge in [0.1, 0.15) is 5.82 Å². The van der Waals surface area contributed by atoms with Crippen LogP contribution in [-0.4, -0.2) is 59.5 Å². The molecule has 6 heteroatoms. The summed E-state index contributed by atoms with van der Waals surface area (Å²) in [5.74, 6) is 1.19. The molecule has 1 N–H and O–H groups in total. The molecule has 3 heterocycles. The van der Waals surface area contributed by atoms with Gasteiger partial charge in [-0.1, -0.05) is 31.4 Å². The largest absolute Gasteiger partial charge is 0.368 e. The van der Waals surface area contributed by atoms with Crippen molar-refractivity contribution in [3.63, 3.8) is 0 Å². The smallest absolute Gasteiger partial charge is 0.231 e. The second kappa shape index (κ2) is 9.96. The number of aromatic nitrogens is 2. The summed E-state index contributed by atoms with van der Waals surface area (Å²) >= 11 is 0. The van der Waals surface area contributed by atoms with E-state index >= 15 is 0 Å². The van der Waals surface area contributed by atoms with Crippen LogP contribution in [0.2, 0.25) is 0 Å². The monoisotopic (exact) mass is 445 g/mol. The molecule has 0 bridgehead atoms. The van der Waals surface area contributed by atoms with Gasteiger partial charge in [0, 0.05) is 73.7 Å². The Morgan fingerprint density at radius 1 is 1.06 bits per heavy atom. The summed E-state index contributed by atoms with van der Waals surface area (Å²) in [5, 5.41) is 1.29. The third kappa shape index (κ3) is 4.76. The van der Waals surface area contributed by atoms with E-state index in [1.807, 2.05) is 29.3 Å². The van der Waals surface area contributed by atoms with Gasteiger partial charge in [-0.2, -0.15) is 0 Å². The maximum Gasteiger partial charge on any atom is 0.231 e. The van der Waals surface area contributed by atoms with Crippen molar-refractivity contribution in [2.24, 2.45) is 5.92 Å². The number of nitrogens with one attached hydrogen (secondary N) is 1. The summed E-state index contributed by atoms with van der Waals surface area (Å²) in [7, 11) is 0. The lowest BCUT2D eigenvalue weighted by atomic mass is 9.88. The Morgan fingerprint density at radius 3 is 2.64 bits per heavy atom. The molecule has 1 aromatic carbocycles. The molecule has 1 atom stereocenters. The number of nitrogens with zero attached hydrogens (tertiary/aromatic N) is 4. The molecular formula is C27H35N5O. The fraction of sp³-hybridized carbons (Fsp3) is 0.481. The van der Waals surface area contributed by atoms with Crippen molar-refractivity contribution in [3.8, 4) is 0 Å². The van der Waals surface area contributed by atoms with Crippen molar-refractivity contribution < 1.29 is 4.79 Å². The standard InChI is InChI=1S/C27H35N5O/c1-21(32(26-12-5-6-14-29-26)27(33)22-8-3-2-4-9-22)20-30-16-18-31(19-17-30)25-11-7-10-24-23(25)13-15-28-24/h5-7,10-15,21-22,28H,2-4,8-9,16-20H2,1H3/t21-/m0/s1. The molecule has 5 rings (SSSR count). The first-order valence-corrected chi connectivity index (χ1v) is 12.5. The molecule has 2 aliphatic rings. The van der Waals surface area contributed by atoms with Gasteiger partial charge in [0.25, 0.3) is 0 Å². The first kappa shape index (κ1) is 22.0. The number of hydrogen-bond donors (Lipinski definition) is 1. The molecule has 1 aliphatic heterocycles. The maximum atomic E-state index is 13.6. The lowest BCUT2D eigenvalue weighted by Crippen LogP contribution is -2.53. The number of pyridine rings is 1. The average molecular weight is 446 g/mol. The molecule has 0 radical (unpaired) electrons. The second-order valence-corrected chi connectivity index (χ2v) is 9.58. The maximum absolute atomic E-state index is 13.6. The van der Waals surface area contributed by atoms with Crippen molar-refractivity contribution in [2.45, 2.75) is 45.1 Å². The summed E-state index contributed by atoms with van der Waals surface area (Å²) in [5.41, 5.74) is 2.50. The normalized spacial score (nSPS) is 19.0. The minimum absolute atomic E-state index is 0.0917. The van der Waals surface area contributed by atoms with Crippen LogP contribution in [0.25, 0.3) is 10.9 Å². The van der Waals surface area contributed by atoms with Crippen LogP contribution in [0.3, 0.4) is 0 Å². The Balaban J connectivity index is 1.25. The molecule has 1 saturated carbocycles. The van der Waals surface area contributed by atoms with Crippen molar-refractivity contribution >= 4 is 28.3 Å². The highest BCUT2D eigenvalue weighted by atomic mass is 16.2. The molecule has 1 amide bonds. The number of carbonyl (C=O) groups excluding carboxylic acids is 1. The van der Waals surface area contributed by atoms with Crippen LogP contribution in [0.4, 0.5) is 11.5 Å². The first-order chi connectivity index (χ1) is 16.2. The molecular weight excluding hydrogens is 410 g/mol. The van der Waals surface area contributed by atoms with Gasteiger partial charge in [0.05, 0.1) is 0 Å². The van der Waals surface area contributed by atoms with E-state index in [0.29, 0.717) is 0 Å². The number of carbonyl (C=O) groups is 1. The van der Waals surface area contributed by atoms with E-state index in [4.69, 9.17) is 0 Å². The zero-order chi connectivity index (χ0) is 22.6. The van der Waals surface area contributed by atoms with Crippen LogP contribution in [0.5, 0.6) is 0 Å². The Kier molecular flexibility index (Phi) is 6.63. The van der Waals surface area contributed by atoms with E-state index in [0.717, 1.165) is 64.2 Å². The molecule has 33 heavy (non-hydrogen) atoms. The lowest BCUT2D eigenvalue weighted by molar-refractivity contribution is -0.123. The molecule has 0 unspecified atom stereocenters. The third-order valence-electron chi connectivity index (χ3n) is 7.34. The van der Waals surface area contributed by atoms with Crippen LogP contribution >= 0.6 is 0 Å². The molecule has 1 saturated heterocycles. The highest BCUT2D eigenvalue weighted by molar-refractivity contribution is 5.95. The predicted molar refractivity (Wildman–Crippen MR) is 135 cm³/mol. The average Bonchev–Trinajstić information content (AvgIpc) is 3.35. The first-order valence-electron chi connectivity index (χ1n) is 12.5. The molecule has 0 spiro atoms. The number of fused-ring (bicyclic) bond motifs is 1. The van der Waals surface area contributed by atoms with Crippen LogP contribution in [-0.2, 0) is 4.79 Å². The lowest BCUT2D eigenvalue weighted by Gasteiger charge is -2.40. The quantitative estimate of drug-likeness (QED) is 0.598. The topological polar surface area (TPSA) is 55.5 Å². The van der Waals surface area contributed by atoms with Crippen LogP contribution < -0.4 is 9.80 Å². The van der Waals surface area contributed by atoms with Gasteiger partial charge in [-0.3, -0.25) is 14.6 Å². The third-order valence-corrected chi connectivity index (χ3v) is 7.34. The Morgan fingerprint density at radius 2 is 1.88 bits per heavy atom. The van der Waals surface area contributed by atoms with Crippen LogP contribution in [0.1, 0.15) is 39.0 Å². The van der Waals surface area contributed by atoms with E-state index in [1.54, 1.807) is 6.20 Å². The van der Waals surface area contributed by atoms with E-state index in [-0.39, 0.29) is 17.9 Å². The summed E-state index contributed by atoms with van der Waals surface area (Å²) in [6.45, 7) is 7.05. The van der Waals surface area contributed by atoms with Crippen molar-refractivity contribution in [3.05, 3.63) is 54.9 Å². The SMILES string of the molecule is C[C@@H](CN1CCN(c2cccc3[nH]ccc23)CC1)N(C(=O)C1CCCCC1)c1ccccn1. The van der Waals surface area contributed by atoms with Gasteiger partial charge in [-0.15, -0.1) is 0 Å². The summed E-state index contributed by atoms with van der Waals surface area (Å²) in [4.78, 5) is 28.4. The van der Waals surface area contributed by atoms with Crippen LogP contribution in [0, 0.1) is 5.92 Å². The van der Waals surface area contributed by atoms with Crippen molar-refractivity contribution in [1.82, 2.24) is 14.9 Å². The fourth-order valence-corrected chi connectivity index (χ4v) is 5.57. The van der Waals surface area contributed by atoms with E-state index in [2.05, 4.69) is 51.0 Å². The van der Waals surface area contributed by atoms with Gasteiger partial charge in [-0.05, 0) is 50.1 Å². The predicted octanol–water partition coefficient (Wildman–Crippen LogP) is 4.69. The zero-order valence-corrected chi connectivity index (χ0v) is 19.6. The minimum atomic E-state index is 0.0917. The summed E-state index contributed by atoms with van der Waals surface area (Å²) in [6.07, 6.45) is 9.42. The van der Waals surface area contributed by atoms with E-state index in [9.17, 15) is 4.79 Å². The Labute approximate surface area is 196 Å². The zero-order valence-electron chi connectivity index (χ0n) is 19.6. The summed E-state index contributed by atoms with van der Waals surface area (Å²) < 4.78 is 0.